The first-order chi connectivity index (χ1) is 9.54. The number of H-pyrrole nitrogens is 1. The van der Waals surface area contributed by atoms with Gasteiger partial charge in [0.2, 0.25) is 0 Å². The zero-order valence-electron chi connectivity index (χ0n) is 11.7. The monoisotopic (exact) mass is 274 g/mol. The summed E-state index contributed by atoms with van der Waals surface area (Å²) in [7, 11) is 0. The molecular weight excluding hydrogens is 256 g/mol. The van der Waals surface area contributed by atoms with E-state index in [1.807, 2.05) is 19.9 Å². The van der Waals surface area contributed by atoms with Crippen molar-refractivity contribution in [3.05, 3.63) is 17.6 Å². The summed E-state index contributed by atoms with van der Waals surface area (Å²) in [5.74, 6) is 0.735. The Labute approximate surface area is 116 Å². The summed E-state index contributed by atoms with van der Waals surface area (Å²) >= 11 is 0. The minimum Gasteiger partial charge on any atom is -0.481 e. The quantitative estimate of drug-likeness (QED) is 0.873. The molecule has 106 valence electrons. The summed E-state index contributed by atoms with van der Waals surface area (Å²) in [6.07, 6.45) is 1.34. The van der Waals surface area contributed by atoms with E-state index in [0.29, 0.717) is 12.8 Å². The van der Waals surface area contributed by atoms with Gasteiger partial charge in [-0.05, 0) is 32.8 Å². The Morgan fingerprint density at radius 1 is 1.35 bits per heavy atom. The summed E-state index contributed by atoms with van der Waals surface area (Å²) in [4.78, 5) is 25.4. The first-order valence-corrected chi connectivity index (χ1v) is 6.86. The van der Waals surface area contributed by atoms with E-state index in [2.05, 4.69) is 19.9 Å². The van der Waals surface area contributed by atoms with Crippen molar-refractivity contribution in [2.75, 3.05) is 18.0 Å². The Morgan fingerprint density at radius 3 is 2.70 bits per heavy atom. The number of aromatic amines is 1. The maximum atomic E-state index is 11.0. The van der Waals surface area contributed by atoms with Gasteiger partial charge in [0, 0.05) is 18.8 Å². The average molecular weight is 274 g/mol. The molecule has 6 heteroatoms. The summed E-state index contributed by atoms with van der Waals surface area (Å²) in [5.41, 5.74) is 1.91. The summed E-state index contributed by atoms with van der Waals surface area (Å²) in [6, 6.07) is 2.05. The maximum absolute atomic E-state index is 11.0. The van der Waals surface area contributed by atoms with Crippen LogP contribution >= 0.6 is 0 Å². The van der Waals surface area contributed by atoms with Crippen molar-refractivity contribution in [1.29, 1.82) is 0 Å². The number of aryl methyl sites for hydroxylation is 2. The second-order valence-corrected chi connectivity index (χ2v) is 5.41. The van der Waals surface area contributed by atoms with Crippen LogP contribution in [0.15, 0.2) is 6.07 Å². The molecule has 0 aliphatic carbocycles. The van der Waals surface area contributed by atoms with Crippen molar-refractivity contribution in [1.82, 2.24) is 15.0 Å². The van der Waals surface area contributed by atoms with Crippen LogP contribution in [-0.4, -0.2) is 39.1 Å². The van der Waals surface area contributed by atoms with Gasteiger partial charge in [-0.25, -0.2) is 9.97 Å². The van der Waals surface area contributed by atoms with Crippen LogP contribution in [0.3, 0.4) is 0 Å². The predicted molar refractivity (Wildman–Crippen MR) is 75.9 cm³/mol. The molecule has 2 aromatic rings. The number of fused-ring (bicyclic) bond motifs is 1. The Hall–Kier alpha value is -2.11. The lowest BCUT2D eigenvalue weighted by Gasteiger charge is -2.31. The van der Waals surface area contributed by atoms with Crippen molar-refractivity contribution in [2.24, 2.45) is 5.92 Å². The molecule has 1 aliphatic rings. The molecule has 6 nitrogen and oxygen atoms in total. The van der Waals surface area contributed by atoms with Gasteiger partial charge in [0.1, 0.15) is 17.3 Å². The topological polar surface area (TPSA) is 82.1 Å². The van der Waals surface area contributed by atoms with E-state index >= 15 is 0 Å². The molecule has 1 aliphatic heterocycles. The second-order valence-electron chi connectivity index (χ2n) is 5.41. The van der Waals surface area contributed by atoms with Crippen LogP contribution in [0.2, 0.25) is 0 Å². The molecule has 0 aromatic carbocycles. The van der Waals surface area contributed by atoms with Gasteiger partial charge >= 0.3 is 5.97 Å². The first kappa shape index (κ1) is 12.9. The third-order valence-electron chi connectivity index (χ3n) is 3.86. The lowest BCUT2D eigenvalue weighted by molar-refractivity contribution is -0.142. The maximum Gasteiger partial charge on any atom is 0.306 e. The Morgan fingerprint density at radius 2 is 2.05 bits per heavy atom. The SMILES string of the molecule is Cc1nc(N2CCC(C(=O)O)CC2)c2cc(C)[nH]c2n1. The molecule has 20 heavy (non-hydrogen) atoms. The predicted octanol–water partition coefficient (Wildman–Crippen LogP) is 1.88. The number of carbonyl (C=O) groups is 1. The van der Waals surface area contributed by atoms with Gasteiger partial charge < -0.3 is 15.0 Å². The van der Waals surface area contributed by atoms with Crippen LogP contribution in [0, 0.1) is 19.8 Å². The number of aliphatic carboxylic acids is 1. The molecule has 2 aromatic heterocycles. The molecule has 0 spiro atoms. The van der Waals surface area contributed by atoms with Gasteiger partial charge in [0.05, 0.1) is 11.3 Å². The van der Waals surface area contributed by atoms with E-state index in [1.165, 1.54) is 0 Å². The van der Waals surface area contributed by atoms with E-state index in [0.717, 1.165) is 41.5 Å². The molecule has 0 bridgehead atoms. The highest BCUT2D eigenvalue weighted by Crippen LogP contribution is 2.28. The molecule has 1 saturated heterocycles. The minimum absolute atomic E-state index is 0.224. The lowest BCUT2D eigenvalue weighted by atomic mass is 9.97. The van der Waals surface area contributed by atoms with Crippen molar-refractivity contribution < 1.29 is 9.90 Å². The Balaban J connectivity index is 1.93. The van der Waals surface area contributed by atoms with Crippen molar-refractivity contribution in [3.63, 3.8) is 0 Å². The van der Waals surface area contributed by atoms with Crippen LogP contribution in [-0.2, 0) is 4.79 Å². The number of rotatable bonds is 2. The van der Waals surface area contributed by atoms with Gasteiger partial charge in [-0.2, -0.15) is 0 Å². The largest absolute Gasteiger partial charge is 0.481 e. The summed E-state index contributed by atoms with van der Waals surface area (Å²) in [5, 5.41) is 10.1. The van der Waals surface area contributed by atoms with E-state index in [9.17, 15) is 4.79 Å². The van der Waals surface area contributed by atoms with Gasteiger partial charge in [0.25, 0.3) is 0 Å². The smallest absolute Gasteiger partial charge is 0.306 e. The van der Waals surface area contributed by atoms with Crippen LogP contribution < -0.4 is 4.90 Å². The molecule has 3 rings (SSSR count). The van der Waals surface area contributed by atoms with Gasteiger partial charge in [0.15, 0.2) is 0 Å². The molecule has 0 amide bonds. The van der Waals surface area contributed by atoms with E-state index in [4.69, 9.17) is 5.11 Å². The van der Waals surface area contributed by atoms with E-state index in [-0.39, 0.29) is 5.92 Å². The molecule has 2 N–H and O–H groups in total. The van der Waals surface area contributed by atoms with Crippen LogP contribution in [0.5, 0.6) is 0 Å². The number of hydrogen-bond donors (Lipinski definition) is 2. The minimum atomic E-state index is -0.689. The average Bonchev–Trinajstić information content (AvgIpc) is 2.78. The molecule has 0 atom stereocenters. The number of anilines is 1. The molecule has 0 radical (unpaired) electrons. The van der Waals surface area contributed by atoms with Crippen molar-refractivity contribution >= 4 is 22.8 Å². The number of carboxylic acids is 1. The van der Waals surface area contributed by atoms with E-state index < -0.39 is 5.97 Å². The number of hydrogen-bond acceptors (Lipinski definition) is 4. The van der Waals surface area contributed by atoms with Crippen LogP contribution in [0.4, 0.5) is 5.82 Å². The van der Waals surface area contributed by atoms with E-state index in [1.54, 1.807) is 0 Å². The molecule has 0 saturated carbocycles. The van der Waals surface area contributed by atoms with Crippen LogP contribution in [0.25, 0.3) is 11.0 Å². The van der Waals surface area contributed by atoms with Gasteiger partial charge in [-0.3, -0.25) is 4.79 Å². The molecule has 3 heterocycles. The van der Waals surface area contributed by atoms with Crippen molar-refractivity contribution in [2.45, 2.75) is 26.7 Å². The number of piperidine rings is 1. The Bertz CT molecular complexity index is 656. The summed E-state index contributed by atoms with van der Waals surface area (Å²) < 4.78 is 0. The van der Waals surface area contributed by atoms with Gasteiger partial charge in [-0.15, -0.1) is 0 Å². The highest BCUT2D eigenvalue weighted by molar-refractivity contribution is 5.88. The fourth-order valence-electron chi connectivity index (χ4n) is 2.81. The first-order valence-electron chi connectivity index (χ1n) is 6.86. The zero-order chi connectivity index (χ0) is 14.3. The molecular formula is C14H18N4O2. The summed E-state index contributed by atoms with van der Waals surface area (Å²) in [6.45, 7) is 5.33. The fourth-order valence-corrected chi connectivity index (χ4v) is 2.81. The standard InChI is InChI=1S/C14H18N4O2/c1-8-7-11-12(15-8)16-9(2)17-13(11)18-5-3-10(4-6-18)14(19)20/h7,10H,3-6H2,1-2H3,(H,19,20)(H,15,16,17). The highest BCUT2D eigenvalue weighted by Gasteiger charge is 2.26. The lowest BCUT2D eigenvalue weighted by Crippen LogP contribution is -2.37. The normalized spacial score (nSPS) is 16.8. The molecule has 1 fully saturated rings. The third-order valence-corrected chi connectivity index (χ3v) is 3.86. The number of nitrogens with one attached hydrogen (secondary N) is 1. The number of carboxylic acid groups (broad SMARTS) is 1. The number of nitrogens with zero attached hydrogens (tertiary/aromatic N) is 3. The highest BCUT2D eigenvalue weighted by atomic mass is 16.4. The molecule has 0 unspecified atom stereocenters. The van der Waals surface area contributed by atoms with Crippen LogP contribution in [0.1, 0.15) is 24.4 Å². The zero-order valence-corrected chi connectivity index (χ0v) is 11.7. The fraction of sp³-hybridized carbons (Fsp3) is 0.500. The number of aromatic nitrogens is 3. The van der Waals surface area contributed by atoms with Gasteiger partial charge in [-0.1, -0.05) is 0 Å². The third kappa shape index (κ3) is 2.21. The van der Waals surface area contributed by atoms with Crippen molar-refractivity contribution in [3.8, 4) is 0 Å². The Kier molecular flexibility index (Phi) is 3.08. The second kappa shape index (κ2) is 4.77.